The van der Waals surface area contributed by atoms with Crippen LogP contribution in [0.4, 0.5) is 5.82 Å². The highest BCUT2D eigenvalue weighted by Crippen LogP contribution is 2.35. The second-order valence-electron chi connectivity index (χ2n) is 5.79. The molecule has 0 radical (unpaired) electrons. The molecule has 1 aliphatic carbocycles. The topological polar surface area (TPSA) is 37.4 Å². The second-order valence-corrected chi connectivity index (χ2v) is 5.79. The SMILES string of the molecule is CCOc1cccnc1N(CC1CCCCN1)C1CC1. The number of hydrogen-bond donors (Lipinski definition) is 1. The van der Waals surface area contributed by atoms with Crippen LogP contribution < -0.4 is 15.0 Å². The number of rotatable bonds is 6. The molecule has 1 aromatic heterocycles. The van der Waals surface area contributed by atoms with Crippen molar-refractivity contribution in [3.8, 4) is 5.75 Å². The predicted molar refractivity (Wildman–Crippen MR) is 81.4 cm³/mol. The predicted octanol–water partition coefficient (Wildman–Crippen LogP) is 2.59. The second kappa shape index (κ2) is 6.44. The zero-order valence-corrected chi connectivity index (χ0v) is 12.3. The number of nitrogens with zero attached hydrogens (tertiary/aromatic N) is 2. The summed E-state index contributed by atoms with van der Waals surface area (Å²) in [6, 6.07) is 5.25. The molecule has 0 amide bonds. The van der Waals surface area contributed by atoms with Crippen LogP contribution in [0.1, 0.15) is 39.0 Å². The van der Waals surface area contributed by atoms with Gasteiger partial charge in [-0.15, -0.1) is 0 Å². The third-order valence-electron chi connectivity index (χ3n) is 4.14. The van der Waals surface area contributed by atoms with Crippen LogP contribution in [0.3, 0.4) is 0 Å². The van der Waals surface area contributed by atoms with Gasteiger partial charge in [0.1, 0.15) is 0 Å². The van der Waals surface area contributed by atoms with Crippen molar-refractivity contribution >= 4 is 5.82 Å². The van der Waals surface area contributed by atoms with Crippen molar-refractivity contribution in [2.45, 2.75) is 51.1 Å². The van der Waals surface area contributed by atoms with E-state index in [1.807, 2.05) is 25.3 Å². The first-order chi connectivity index (χ1) is 9.88. The third kappa shape index (κ3) is 3.23. The number of ether oxygens (including phenoxy) is 1. The van der Waals surface area contributed by atoms with Crippen LogP contribution in [0.25, 0.3) is 0 Å². The van der Waals surface area contributed by atoms with Crippen molar-refractivity contribution in [1.29, 1.82) is 0 Å². The van der Waals surface area contributed by atoms with E-state index in [4.69, 9.17) is 4.74 Å². The van der Waals surface area contributed by atoms with Gasteiger partial charge in [-0.2, -0.15) is 0 Å². The quantitative estimate of drug-likeness (QED) is 0.866. The van der Waals surface area contributed by atoms with Crippen LogP contribution in [-0.4, -0.2) is 36.8 Å². The fourth-order valence-electron chi connectivity index (χ4n) is 2.98. The van der Waals surface area contributed by atoms with Crippen LogP contribution in [0.2, 0.25) is 0 Å². The highest BCUT2D eigenvalue weighted by atomic mass is 16.5. The molecule has 0 bridgehead atoms. The number of hydrogen-bond acceptors (Lipinski definition) is 4. The molecule has 2 fully saturated rings. The van der Waals surface area contributed by atoms with Gasteiger partial charge in [0.15, 0.2) is 11.6 Å². The van der Waals surface area contributed by atoms with E-state index in [9.17, 15) is 0 Å². The molecule has 1 aliphatic heterocycles. The maximum absolute atomic E-state index is 5.76. The van der Waals surface area contributed by atoms with Gasteiger partial charge in [0.2, 0.25) is 0 Å². The minimum atomic E-state index is 0.598. The van der Waals surface area contributed by atoms with E-state index in [0.29, 0.717) is 18.7 Å². The molecule has 1 saturated carbocycles. The van der Waals surface area contributed by atoms with E-state index < -0.39 is 0 Å². The molecule has 2 heterocycles. The Morgan fingerprint density at radius 3 is 2.95 bits per heavy atom. The van der Waals surface area contributed by atoms with Crippen LogP contribution in [0.15, 0.2) is 18.3 Å². The fourth-order valence-corrected chi connectivity index (χ4v) is 2.98. The molecular weight excluding hydrogens is 250 g/mol. The Labute approximate surface area is 121 Å². The molecule has 0 spiro atoms. The van der Waals surface area contributed by atoms with E-state index in [1.54, 1.807) is 0 Å². The Morgan fingerprint density at radius 1 is 1.35 bits per heavy atom. The van der Waals surface area contributed by atoms with Gasteiger partial charge in [-0.1, -0.05) is 6.42 Å². The molecule has 4 nitrogen and oxygen atoms in total. The smallest absolute Gasteiger partial charge is 0.171 e. The lowest BCUT2D eigenvalue weighted by molar-refractivity contribution is 0.337. The van der Waals surface area contributed by atoms with Crippen LogP contribution in [0.5, 0.6) is 5.75 Å². The summed E-state index contributed by atoms with van der Waals surface area (Å²) in [5, 5.41) is 3.64. The Kier molecular flexibility index (Phi) is 4.41. The van der Waals surface area contributed by atoms with Crippen molar-refractivity contribution in [3.63, 3.8) is 0 Å². The summed E-state index contributed by atoms with van der Waals surface area (Å²) in [5.41, 5.74) is 0. The number of aromatic nitrogens is 1. The highest BCUT2D eigenvalue weighted by Gasteiger charge is 2.33. The zero-order chi connectivity index (χ0) is 13.8. The maximum Gasteiger partial charge on any atom is 0.171 e. The molecule has 2 aliphatic rings. The first-order valence-electron chi connectivity index (χ1n) is 7.96. The lowest BCUT2D eigenvalue weighted by Crippen LogP contribution is -2.45. The van der Waals surface area contributed by atoms with Crippen molar-refractivity contribution in [2.24, 2.45) is 0 Å². The van der Waals surface area contributed by atoms with Crippen molar-refractivity contribution in [3.05, 3.63) is 18.3 Å². The van der Waals surface area contributed by atoms with Crippen molar-refractivity contribution < 1.29 is 4.74 Å². The summed E-state index contributed by atoms with van der Waals surface area (Å²) in [6.07, 6.45) is 8.38. The summed E-state index contributed by atoms with van der Waals surface area (Å²) in [5.74, 6) is 1.96. The lowest BCUT2D eigenvalue weighted by Gasteiger charge is -2.32. The van der Waals surface area contributed by atoms with Gasteiger partial charge in [0.25, 0.3) is 0 Å². The number of pyridine rings is 1. The average Bonchev–Trinajstić information content (AvgIpc) is 3.32. The molecule has 1 saturated heterocycles. The van der Waals surface area contributed by atoms with E-state index in [-0.39, 0.29) is 0 Å². The molecule has 20 heavy (non-hydrogen) atoms. The van der Waals surface area contributed by atoms with Crippen LogP contribution in [-0.2, 0) is 0 Å². The molecule has 4 heteroatoms. The molecule has 0 aromatic carbocycles. The Morgan fingerprint density at radius 2 is 2.25 bits per heavy atom. The third-order valence-corrected chi connectivity index (χ3v) is 4.14. The Balaban J connectivity index is 1.75. The van der Waals surface area contributed by atoms with Gasteiger partial charge in [-0.3, -0.25) is 0 Å². The fraction of sp³-hybridized carbons (Fsp3) is 0.688. The summed E-state index contributed by atoms with van der Waals surface area (Å²) in [6.45, 7) is 4.94. The molecule has 1 atom stereocenters. The minimum absolute atomic E-state index is 0.598. The maximum atomic E-state index is 5.76. The normalized spacial score (nSPS) is 22.6. The number of anilines is 1. The highest BCUT2D eigenvalue weighted by molar-refractivity contribution is 5.54. The molecule has 1 N–H and O–H groups in total. The van der Waals surface area contributed by atoms with E-state index in [2.05, 4.69) is 15.2 Å². The number of nitrogens with one attached hydrogen (secondary N) is 1. The van der Waals surface area contributed by atoms with Crippen LogP contribution in [0, 0.1) is 0 Å². The standard InChI is InChI=1S/C16H25N3O/c1-2-20-15-7-5-11-18-16(15)19(14-8-9-14)12-13-6-3-4-10-17-13/h5,7,11,13-14,17H,2-4,6,8-10,12H2,1H3. The van der Waals surface area contributed by atoms with Crippen LogP contribution >= 0.6 is 0 Å². The van der Waals surface area contributed by atoms with Gasteiger partial charge in [-0.05, 0) is 51.3 Å². The number of piperidine rings is 1. The first-order valence-corrected chi connectivity index (χ1v) is 7.96. The molecule has 3 rings (SSSR count). The monoisotopic (exact) mass is 275 g/mol. The molecule has 110 valence electrons. The Hall–Kier alpha value is -1.29. The molecule has 1 aromatic rings. The van der Waals surface area contributed by atoms with E-state index in [0.717, 1.165) is 24.7 Å². The molecule has 1 unspecified atom stereocenters. The van der Waals surface area contributed by atoms with Gasteiger partial charge < -0.3 is 15.0 Å². The summed E-state index contributed by atoms with van der Waals surface area (Å²) in [4.78, 5) is 7.06. The lowest BCUT2D eigenvalue weighted by atomic mass is 10.0. The van der Waals surface area contributed by atoms with Gasteiger partial charge >= 0.3 is 0 Å². The van der Waals surface area contributed by atoms with Gasteiger partial charge in [-0.25, -0.2) is 4.98 Å². The van der Waals surface area contributed by atoms with Crippen molar-refractivity contribution in [2.75, 3.05) is 24.6 Å². The summed E-state index contributed by atoms with van der Waals surface area (Å²) in [7, 11) is 0. The van der Waals surface area contributed by atoms with Gasteiger partial charge in [0, 0.05) is 24.8 Å². The average molecular weight is 275 g/mol. The van der Waals surface area contributed by atoms with Gasteiger partial charge in [0.05, 0.1) is 6.61 Å². The zero-order valence-electron chi connectivity index (χ0n) is 12.3. The molecular formula is C16H25N3O. The van der Waals surface area contributed by atoms with E-state index >= 15 is 0 Å². The summed E-state index contributed by atoms with van der Waals surface area (Å²) >= 11 is 0. The summed E-state index contributed by atoms with van der Waals surface area (Å²) < 4.78 is 5.76. The van der Waals surface area contributed by atoms with Crippen molar-refractivity contribution in [1.82, 2.24) is 10.3 Å². The largest absolute Gasteiger partial charge is 0.490 e. The minimum Gasteiger partial charge on any atom is -0.490 e. The van der Waals surface area contributed by atoms with E-state index in [1.165, 1.54) is 32.1 Å². The first kappa shape index (κ1) is 13.7. The Bertz CT molecular complexity index is 427.